The molecule has 1 aliphatic heterocycles. The van der Waals surface area contributed by atoms with Crippen LogP contribution in [0.15, 0.2) is 9.98 Å². The summed E-state index contributed by atoms with van der Waals surface area (Å²) < 4.78 is 22.7. The topological polar surface area (TPSA) is 111 Å². The van der Waals surface area contributed by atoms with Gasteiger partial charge in [0.05, 0.1) is 11.7 Å². The van der Waals surface area contributed by atoms with E-state index >= 15 is 0 Å². The van der Waals surface area contributed by atoms with Crippen molar-refractivity contribution >= 4 is 38.7 Å². The van der Waals surface area contributed by atoms with Gasteiger partial charge in [0.2, 0.25) is 10.0 Å². The summed E-state index contributed by atoms with van der Waals surface area (Å²) in [5, 5.41) is 5.18. The molecule has 5 unspecified atom stereocenters. The predicted octanol–water partition coefficient (Wildman–Crippen LogP) is 1.35. The molecule has 0 radical (unpaired) electrons. The van der Waals surface area contributed by atoms with Gasteiger partial charge in [0, 0.05) is 5.71 Å². The lowest BCUT2D eigenvalue weighted by Crippen LogP contribution is -2.47. The second-order valence-corrected chi connectivity index (χ2v) is 9.07. The van der Waals surface area contributed by atoms with Crippen molar-refractivity contribution in [3.8, 4) is 0 Å². The van der Waals surface area contributed by atoms with Crippen molar-refractivity contribution in [3.63, 3.8) is 0 Å². The number of primary sulfonamides is 1. The molecule has 0 bridgehead atoms. The molecule has 2 rings (SSSR count). The molecule has 1 saturated carbocycles. The molecule has 0 amide bonds. The number of nitrogens with zero attached hydrogens (tertiary/aromatic N) is 2. The summed E-state index contributed by atoms with van der Waals surface area (Å²) >= 11 is 5.62. The van der Waals surface area contributed by atoms with Crippen molar-refractivity contribution < 1.29 is 8.42 Å². The number of nitrogens with two attached hydrogens (primary N) is 2. The van der Waals surface area contributed by atoms with Gasteiger partial charge in [-0.2, -0.15) is 0 Å². The van der Waals surface area contributed by atoms with Crippen LogP contribution in [0.5, 0.6) is 0 Å². The first-order valence-electron chi connectivity index (χ1n) is 7.99. The summed E-state index contributed by atoms with van der Waals surface area (Å²) in [5.74, 6) is 1.26. The third-order valence-electron chi connectivity index (χ3n) is 5.38. The van der Waals surface area contributed by atoms with Crippen LogP contribution in [0, 0.1) is 29.6 Å². The van der Waals surface area contributed by atoms with Gasteiger partial charge in [-0.25, -0.2) is 18.5 Å². The van der Waals surface area contributed by atoms with Crippen LogP contribution in [0.1, 0.15) is 33.6 Å². The van der Waals surface area contributed by atoms with E-state index in [9.17, 15) is 8.42 Å². The summed E-state index contributed by atoms with van der Waals surface area (Å²) in [6, 6.07) is 0. The molecular weight excluding hydrogens is 332 g/mol. The third-order valence-corrected chi connectivity index (χ3v) is 6.72. The highest BCUT2D eigenvalue weighted by atomic mass is 32.2. The van der Waals surface area contributed by atoms with E-state index in [1.54, 1.807) is 0 Å². The summed E-state index contributed by atoms with van der Waals surface area (Å²) in [6.07, 6.45) is 1.21. The second-order valence-electron chi connectivity index (χ2n) is 6.81. The van der Waals surface area contributed by atoms with Gasteiger partial charge in [-0.3, -0.25) is 4.99 Å². The Morgan fingerprint density at radius 1 is 1.22 bits per heavy atom. The molecule has 5 atom stereocenters. The maximum atomic E-state index is 11.3. The van der Waals surface area contributed by atoms with Crippen LogP contribution in [0.25, 0.3) is 0 Å². The zero-order valence-corrected chi connectivity index (χ0v) is 15.5. The molecule has 6 nitrogen and oxygen atoms in total. The molecule has 2 aliphatic rings. The van der Waals surface area contributed by atoms with Gasteiger partial charge in [0.25, 0.3) is 0 Å². The highest BCUT2D eigenvalue weighted by Gasteiger charge is 2.40. The first kappa shape index (κ1) is 18.5. The number of rotatable bonds is 3. The lowest BCUT2D eigenvalue weighted by molar-refractivity contribution is 0.366. The largest absolute Gasteiger partial charge is 0.387 e. The fraction of sp³-hybridized carbons (Fsp3) is 0.800. The van der Waals surface area contributed by atoms with E-state index in [-0.39, 0.29) is 35.3 Å². The maximum Gasteiger partial charge on any atom is 0.209 e. The number of hydrogen-bond donors (Lipinski definition) is 2. The Balaban J connectivity index is 2.33. The number of hydrogen-bond acceptors (Lipinski definition) is 6. The number of amidine groups is 1. The zero-order chi connectivity index (χ0) is 17.4. The van der Waals surface area contributed by atoms with Crippen LogP contribution >= 0.6 is 12.2 Å². The predicted molar refractivity (Wildman–Crippen MR) is 98.2 cm³/mol. The average molecular weight is 359 g/mol. The van der Waals surface area contributed by atoms with Crippen molar-refractivity contribution in [1.82, 2.24) is 0 Å². The minimum Gasteiger partial charge on any atom is -0.387 e. The molecule has 1 fully saturated rings. The lowest BCUT2D eigenvalue weighted by Gasteiger charge is -2.40. The standard InChI is InChI=1S/C15H26N4O2S2/c1-8-9(2)13-14(18-7-19-15(13)16)10(3)11(6-12(8)22)4-5-23(17,20)21/h8-11,13H,4-7H2,1-3H3,(H2,16,19)(H2,17,20,21). The molecule has 0 aromatic rings. The van der Waals surface area contributed by atoms with Crippen LogP contribution < -0.4 is 10.9 Å². The molecule has 0 spiro atoms. The fourth-order valence-corrected chi connectivity index (χ4v) is 4.68. The number of aliphatic imine (C=N–C) groups is 2. The monoisotopic (exact) mass is 358 g/mol. The Labute approximate surface area is 143 Å². The van der Waals surface area contributed by atoms with Crippen LogP contribution in [-0.4, -0.2) is 37.3 Å². The van der Waals surface area contributed by atoms with Gasteiger partial charge in [-0.05, 0) is 41.4 Å². The molecule has 23 heavy (non-hydrogen) atoms. The Hall–Kier alpha value is -0.860. The number of sulfonamides is 1. The molecule has 0 aromatic heterocycles. The molecule has 0 saturated heterocycles. The smallest absolute Gasteiger partial charge is 0.209 e. The van der Waals surface area contributed by atoms with Crippen molar-refractivity contribution in [2.45, 2.75) is 33.6 Å². The first-order valence-corrected chi connectivity index (χ1v) is 10.1. The van der Waals surface area contributed by atoms with Gasteiger partial charge in [-0.15, -0.1) is 0 Å². The minimum atomic E-state index is -3.48. The van der Waals surface area contributed by atoms with Crippen LogP contribution in [-0.2, 0) is 10.0 Å². The lowest BCUT2D eigenvalue weighted by atomic mass is 9.68. The van der Waals surface area contributed by atoms with Crippen LogP contribution in [0.2, 0.25) is 0 Å². The van der Waals surface area contributed by atoms with E-state index in [1.165, 1.54) is 0 Å². The van der Waals surface area contributed by atoms with E-state index in [1.807, 2.05) is 0 Å². The molecule has 1 heterocycles. The second kappa shape index (κ2) is 6.94. The molecule has 1 aliphatic carbocycles. The maximum absolute atomic E-state index is 11.3. The van der Waals surface area contributed by atoms with E-state index in [2.05, 4.69) is 30.8 Å². The van der Waals surface area contributed by atoms with Gasteiger partial charge in [0.1, 0.15) is 12.5 Å². The Morgan fingerprint density at radius 2 is 1.87 bits per heavy atom. The fourth-order valence-electron chi connectivity index (χ4n) is 3.62. The highest BCUT2D eigenvalue weighted by molar-refractivity contribution is 7.89. The van der Waals surface area contributed by atoms with E-state index < -0.39 is 10.0 Å². The summed E-state index contributed by atoms with van der Waals surface area (Å²) in [7, 11) is -3.48. The zero-order valence-electron chi connectivity index (χ0n) is 13.9. The summed E-state index contributed by atoms with van der Waals surface area (Å²) in [6.45, 7) is 6.69. The normalized spacial score (nSPS) is 35.7. The van der Waals surface area contributed by atoms with Gasteiger partial charge in [0.15, 0.2) is 0 Å². The van der Waals surface area contributed by atoms with Crippen molar-refractivity contribution in [3.05, 3.63) is 0 Å². The Bertz CT molecular complexity index is 642. The van der Waals surface area contributed by atoms with Gasteiger partial charge < -0.3 is 5.73 Å². The molecular formula is C15H26N4O2S2. The van der Waals surface area contributed by atoms with Crippen LogP contribution in [0.4, 0.5) is 0 Å². The first-order chi connectivity index (χ1) is 10.6. The SMILES string of the molecule is CC1C2=NCN=C(N)C2C(C)C(C)C(=S)CC1CCS(N)(=O)=O. The summed E-state index contributed by atoms with van der Waals surface area (Å²) in [4.78, 5) is 9.88. The van der Waals surface area contributed by atoms with E-state index in [0.717, 1.165) is 17.0 Å². The molecule has 0 aromatic carbocycles. The molecule has 130 valence electrons. The molecule has 8 heteroatoms. The molecule has 4 N–H and O–H groups in total. The average Bonchev–Trinajstić information content (AvgIpc) is 2.47. The van der Waals surface area contributed by atoms with E-state index in [4.69, 9.17) is 23.1 Å². The Morgan fingerprint density at radius 3 is 2.48 bits per heavy atom. The number of fused-ring (bicyclic) bond motifs is 1. The van der Waals surface area contributed by atoms with Crippen molar-refractivity contribution in [2.75, 3.05) is 12.4 Å². The highest BCUT2D eigenvalue weighted by Crippen LogP contribution is 2.37. The van der Waals surface area contributed by atoms with Crippen molar-refractivity contribution in [2.24, 2.45) is 50.4 Å². The summed E-state index contributed by atoms with van der Waals surface area (Å²) in [5.41, 5.74) is 7.21. The quantitative estimate of drug-likeness (QED) is 0.742. The van der Waals surface area contributed by atoms with Gasteiger partial charge in [-0.1, -0.05) is 33.0 Å². The number of thiocarbonyl (C=S) groups is 1. The minimum absolute atomic E-state index is 0.0102. The van der Waals surface area contributed by atoms with Gasteiger partial charge >= 0.3 is 0 Å². The Kier molecular flexibility index (Phi) is 5.58. The van der Waals surface area contributed by atoms with Crippen LogP contribution in [0.3, 0.4) is 0 Å². The van der Waals surface area contributed by atoms with E-state index in [0.29, 0.717) is 18.9 Å². The third kappa shape index (κ3) is 4.16. The van der Waals surface area contributed by atoms with Crippen molar-refractivity contribution in [1.29, 1.82) is 0 Å².